The number of benzene rings is 7. The Balaban J connectivity index is 0.00000384. The summed E-state index contributed by atoms with van der Waals surface area (Å²) in [6, 6.07) is 61.0. The van der Waals surface area contributed by atoms with Gasteiger partial charge in [0, 0.05) is 16.5 Å². The zero-order valence-electron chi connectivity index (χ0n) is 30.2. The third kappa shape index (κ3) is 5.09. The van der Waals surface area contributed by atoms with Crippen LogP contribution in [0.15, 0.2) is 152 Å². The van der Waals surface area contributed by atoms with Crippen LogP contribution in [0.25, 0.3) is 39.2 Å². The molecule has 0 saturated heterocycles. The zero-order chi connectivity index (χ0) is 35.7. The molecule has 2 aliphatic carbocycles. The third-order valence-corrected chi connectivity index (χ3v) is 11.9. The van der Waals surface area contributed by atoms with Crippen LogP contribution in [0.4, 0.5) is 0 Å². The second kappa shape index (κ2) is 13.1. The van der Waals surface area contributed by atoms with Crippen molar-refractivity contribution < 1.29 is 26.2 Å². The topological polar surface area (TPSA) is 38.0 Å². The van der Waals surface area contributed by atoms with Crippen molar-refractivity contribution in [1.82, 2.24) is 9.55 Å². The fraction of sp³-hybridized carbons (Fsp3) is 0.140. The molecule has 1 heterocycles. The number of aromatic nitrogens is 2. The van der Waals surface area contributed by atoms with Crippen LogP contribution in [0, 0.1) is 26.0 Å². The average molecular weight is 878 g/mol. The Morgan fingerprint density at radius 2 is 1.26 bits per heavy atom. The maximum atomic E-state index is 11.0. The van der Waals surface area contributed by atoms with E-state index in [0.717, 1.165) is 64.1 Å². The van der Waals surface area contributed by atoms with Gasteiger partial charge in [-0.15, -0.1) is 71.3 Å². The molecular formula is C50H38N2OPt. The molecule has 0 radical (unpaired) electrons. The second-order valence-corrected chi connectivity index (χ2v) is 15.0. The van der Waals surface area contributed by atoms with Crippen molar-refractivity contribution >= 4 is 11.0 Å². The molecule has 54 heavy (non-hydrogen) atoms. The summed E-state index contributed by atoms with van der Waals surface area (Å²) in [6.07, 6.45) is 2.84. The van der Waals surface area contributed by atoms with Gasteiger partial charge in [0.1, 0.15) is 0 Å². The van der Waals surface area contributed by atoms with Crippen molar-refractivity contribution in [3.05, 3.63) is 208 Å². The number of para-hydroxylation sites is 3. The normalized spacial score (nSPS) is 16.6. The van der Waals surface area contributed by atoms with Crippen molar-refractivity contribution in [1.29, 1.82) is 0 Å². The van der Waals surface area contributed by atoms with Gasteiger partial charge in [-0.2, -0.15) is 0 Å². The molecule has 1 spiro atoms. The third-order valence-electron chi connectivity index (χ3n) is 11.9. The van der Waals surface area contributed by atoms with Gasteiger partial charge in [-0.3, -0.25) is 4.98 Å². The monoisotopic (exact) mass is 877 g/mol. The van der Waals surface area contributed by atoms with Crippen molar-refractivity contribution in [3.63, 3.8) is 0 Å². The van der Waals surface area contributed by atoms with E-state index in [1.54, 1.807) is 6.07 Å². The average Bonchev–Trinajstić information content (AvgIpc) is 3.85. The molecule has 3 nitrogen and oxygen atoms in total. The minimum atomic E-state index is -0.587. The number of phenols is 1. The summed E-state index contributed by atoms with van der Waals surface area (Å²) in [5.41, 5.74) is 15.3. The van der Waals surface area contributed by atoms with Gasteiger partial charge in [0.25, 0.3) is 0 Å². The number of fused-ring (bicyclic) bond motifs is 4. The Morgan fingerprint density at radius 3 is 2.00 bits per heavy atom. The molecule has 7 aromatic carbocycles. The fourth-order valence-electron chi connectivity index (χ4n) is 9.77. The number of nitrogens with zero attached hydrogens (tertiary/aromatic N) is 2. The molecule has 0 amide bonds. The van der Waals surface area contributed by atoms with E-state index in [4.69, 9.17) is 4.98 Å². The molecular weight excluding hydrogens is 840 g/mol. The van der Waals surface area contributed by atoms with Gasteiger partial charge >= 0.3 is 21.1 Å². The smallest absolute Gasteiger partial charge is 0.517 e. The van der Waals surface area contributed by atoms with Gasteiger partial charge in [0.05, 0.1) is 22.6 Å². The molecule has 1 aromatic heterocycles. The second-order valence-electron chi connectivity index (χ2n) is 15.0. The van der Waals surface area contributed by atoms with E-state index in [-0.39, 0.29) is 32.2 Å². The van der Waals surface area contributed by atoms with Gasteiger partial charge in [0.2, 0.25) is 0 Å². The molecule has 0 fully saturated rings. The maximum Gasteiger partial charge on any atom is 2.00 e. The minimum Gasteiger partial charge on any atom is -0.517 e. The van der Waals surface area contributed by atoms with Gasteiger partial charge in [-0.1, -0.05) is 103 Å². The molecule has 1 atom stereocenters. The molecule has 2 aliphatic rings. The van der Waals surface area contributed by atoms with E-state index in [1.807, 2.05) is 30.3 Å². The van der Waals surface area contributed by atoms with Gasteiger partial charge in [-0.25, -0.2) is 0 Å². The van der Waals surface area contributed by atoms with Crippen LogP contribution in [0.3, 0.4) is 0 Å². The zero-order valence-corrected chi connectivity index (χ0v) is 32.5. The first kappa shape index (κ1) is 34.3. The van der Waals surface area contributed by atoms with Crippen LogP contribution in [-0.4, -0.2) is 14.7 Å². The largest absolute Gasteiger partial charge is 2.00 e. The van der Waals surface area contributed by atoms with E-state index in [1.165, 1.54) is 38.9 Å². The standard InChI is InChI=1S/C50H38N2O.Pt/c1-33-15-12-16-34(2)47(33)52-44-27-14-26-43(46(44)51-48(52)35-17-4-3-5-18-35)50(39-22-13-21-36(29-39)40-23-8-11-28-45(40)53)32-49(41-24-9-10-25-42(41)50)30-37-19-6-7-20-38(37)31-49;/h3-17,19-28,53H,30-32H2,1-2H3;/q-2;+2. The molecule has 4 heteroatoms. The van der Waals surface area contributed by atoms with Crippen molar-refractivity contribution in [2.24, 2.45) is 0 Å². The first-order chi connectivity index (χ1) is 26.0. The SMILES string of the molecule is Cc1cccc(C)c1-n1c(-c2[c-]cccc2)nc2c(C3(c4[c-]c(-c5ccccc5O)ccc4)CC4(Cc5ccccc5C4)c4ccccc43)cccc21.[Pt+2]. The summed E-state index contributed by atoms with van der Waals surface area (Å²) in [4.78, 5) is 5.66. The van der Waals surface area contributed by atoms with Crippen molar-refractivity contribution in [2.45, 2.75) is 43.9 Å². The number of imidazole rings is 1. The maximum absolute atomic E-state index is 11.0. The summed E-state index contributed by atoms with van der Waals surface area (Å²) < 4.78 is 2.35. The van der Waals surface area contributed by atoms with Crippen LogP contribution in [0.2, 0.25) is 0 Å². The van der Waals surface area contributed by atoms with E-state index in [0.29, 0.717) is 0 Å². The van der Waals surface area contributed by atoms with Crippen LogP contribution < -0.4 is 0 Å². The van der Waals surface area contributed by atoms with Gasteiger partial charge in [-0.05, 0) is 84.2 Å². The molecule has 8 aromatic rings. The van der Waals surface area contributed by atoms with Crippen LogP contribution >= 0.6 is 0 Å². The Hall–Kier alpha value is -5.50. The Labute approximate surface area is 331 Å². The van der Waals surface area contributed by atoms with E-state index >= 15 is 0 Å². The van der Waals surface area contributed by atoms with E-state index < -0.39 is 5.41 Å². The molecule has 0 saturated carbocycles. The number of aryl methyl sites for hydroxylation is 2. The van der Waals surface area contributed by atoms with E-state index in [9.17, 15) is 5.11 Å². The number of hydrogen-bond acceptors (Lipinski definition) is 2. The molecule has 264 valence electrons. The Morgan fingerprint density at radius 1 is 0.630 bits per heavy atom. The predicted molar refractivity (Wildman–Crippen MR) is 214 cm³/mol. The Kier molecular flexibility index (Phi) is 8.32. The molecule has 0 aliphatic heterocycles. The van der Waals surface area contributed by atoms with Crippen LogP contribution in [0.5, 0.6) is 5.75 Å². The first-order valence-electron chi connectivity index (χ1n) is 18.5. The quantitative estimate of drug-likeness (QED) is 0.175. The van der Waals surface area contributed by atoms with Crippen molar-refractivity contribution in [2.75, 3.05) is 0 Å². The van der Waals surface area contributed by atoms with Crippen molar-refractivity contribution in [3.8, 4) is 34.0 Å². The predicted octanol–water partition coefficient (Wildman–Crippen LogP) is 11.1. The summed E-state index contributed by atoms with van der Waals surface area (Å²) in [6.45, 7) is 4.37. The summed E-state index contributed by atoms with van der Waals surface area (Å²) in [7, 11) is 0. The summed E-state index contributed by atoms with van der Waals surface area (Å²) >= 11 is 0. The van der Waals surface area contributed by atoms with Gasteiger partial charge < -0.3 is 9.67 Å². The summed E-state index contributed by atoms with van der Waals surface area (Å²) in [5, 5.41) is 11.0. The number of phenolic OH excluding ortho intramolecular Hbond substituents is 1. The number of rotatable bonds is 5. The molecule has 10 rings (SSSR count). The van der Waals surface area contributed by atoms with E-state index in [2.05, 4.69) is 146 Å². The molecule has 1 N–H and O–H groups in total. The molecule has 1 unspecified atom stereocenters. The Bertz CT molecular complexity index is 2670. The number of hydrogen-bond donors (Lipinski definition) is 1. The summed E-state index contributed by atoms with van der Waals surface area (Å²) in [5.74, 6) is 1.13. The first-order valence-corrected chi connectivity index (χ1v) is 18.5. The molecule has 0 bridgehead atoms. The van der Waals surface area contributed by atoms with Gasteiger partial charge in [0.15, 0.2) is 0 Å². The van der Waals surface area contributed by atoms with Crippen LogP contribution in [0.1, 0.15) is 50.9 Å². The number of aromatic hydroxyl groups is 1. The fourth-order valence-corrected chi connectivity index (χ4v) is 9.77. The van der Waals surface area contributed by atoms with Crippen LogP contribution in [-0.2, 0) is 44.7 Å². The minimum absolute atomic E-state index is 0.